The lowest BCUT2D eigenvalue weighted by atomic mass is 9.88. The average Bonchev–Trinajstić information content (AvgIpc) is 2.37. The number of hydrogen-bond acceptors (Lipinski definition) is 8. The summed E-state index contributed by atoms with van der Waals surface area (Å²) in [6, 6.07) is -1.51. The van der Waals surface area contributed by atoms with Crippen molar-refractivity contribution in [2.75, 3.05) is 6.61 Å². The van der Waals surface area contributed by atoms with Gasteiger partial charge in [0.2, 0.25) is 11.7 Å². The SMILES string of the molecule is CC(=O)N[C@@H]1[C@@H](O)[C@H](O)[C@@H](CO)OC1(OC(C)=O)C(C)=O. The largest absolute Gasteiger partial charge is 0.423 e. The summed E-state index contributed by atoms with van der Waals surface area (Å²) in [6.45, 7) is 2.46. The number of aliphatic hydroxyl groups excluding tert-OH is 3. The van der Waals surface area contributed by atoms with Gasteiger partial charge in [0.15, 0.2) is 0 Å². The number of amides is 1. The Morgan fingerprint density at radius 1 is 1.19 bits per heavy atom. The van der Waals surface area contributed by atoms with Gasteiger partial charge in [-0.2, -0.15) is 0 Å². The maximum absolute atomic E-state index is 11.9. The fourth-order valence-electron chi connectivity index (χ4n) is 2.23. The first-order chi connectivity index (χ1) is 9.65. The summed E-state index contributed by atoms with van der Waals surface area (Å²) >= 11 is 0. The third kappa shape index (κ3) is 3.38. The lowest BCUT2D eigenvalue weighted by Crippen LogP contribution is -2.73. The van der Waals surface area contributed by atoms with Gasteiger partial charge in [-0.3, -0.25) is 14.4 Å². The van der Waals surface area contributed by atoms with Gasteiger partial charge < -0.3 is 30.1 Å². The van der Waals surface area contributed by atoms with E-state index in [1.54, 1.807) is 0 Å². The number of carbonyl (C=O) groups is 3. The minimum atomic E-state index is -2.32. The second kappa shape index (κ2) is 6.48. The van der Waals surface area contributed by atoms with Crippen molar-refractivity contribution in [1.29, 1.82) is 0 Å². The molecule has 21 heavy (non-hydrogen) atoms. The summed E-state index contributed by atoms with van der Waals surface area (Å²) < 4.78 is 10.1. The Balaban J connectivity index is 3.31. The van der Waals surface area contributed by atoms with Crippen molar-refractivity contribution < 1.29 is 39.2 Å². The highest BCUT2D eigenvalue weighted by molar-refractivity contribution is 5.88. The predicted molar refractivity (Wildman–Crippen MR) is 66.8 cm³/mol. The number of aliphatic hydroxyl groups is 3. The minimum absolute atomic E-state index is 0.630. The number of carbonyl (C=O) groups excluding carboxylic acids is 3. The van der Waals surface area contributed by atoms with Crippen LogP contribution in [0.5, 0.6) is 0 Å². The zero-order valence-corrected chi connectivity index (χ0v) is 11.9. The molecule has 0 saturated carbocycles. The van der Waals surface area contributed by atoms with E-state index in [9.17, 15) is 24.6 Å². The monoisotopic (exact) mass is 305 g/mol. The van der Waals surface area contributed by atoms with Crippen LogP contribution in [-0.4, -0.2) is 69.7 Å². The maximum atomic E-state index is 11.9. The van der Waals surface area contributed by atoms with Gasteiger partial charge in [0.05, 0.1) is 6.61 Å². The van der Waals surface area contributed by atoms with Gasteiger partial charge in [0.25, 0.3) is 5.79 Å². The Morgan fingerprint density at radius 2 is 1.76 bits per heavy atom. The van der Waals surface area contributed by atoms with Crippen molar-refractivity contribution in [2.24, 2.45) is 0 Å². The Labute approximate surface area is 120 Å². The third-order valence-electron chi connectivity index (χ3n) is 3.13. The maximum Gasteiger partial charge on any atom is 0.305 e. The zero-order chi connectivity index (χ0) is 16.4. The minimum Gasteiger partial charge on any atom is -0.423 e. The summed E-state index contributed by atoms with van der Waals surface area (Å²) in [5, 5.41) is 31.3. The second-order valence-corrected chi connectivity index (χ2v) is 4.82. The molecule has 1 aliphatic rings. The number of esters is 1. The zero-order valence-electron chi connectivity index (χ0n) is 11.9. The summed E-state index contributed by atoms with van der Waals surface area (Å²) in [4.78, 5) is 34.4. The van der Waals surface area contributed by atoms with Gasteiger partial charge in [-0.25, -0.2) is 0 Å². The first kappa shape index (κ1) is 17.5. The lowest BCUT2D eigenvalue weighted by molar-refractivity contribution is -0.305. The Kier molecular flexibility index (Phi) is 5.40. The first-order valence-corrected chi connectivity index (χ1v) is 6.28. The topological polar surface area (TPSA) is 142 Å². The van der Waals surface area contributed by atoms with E-state index in [0.717, 1.165) is 20.8 Å². The van der Waals surface area contributed by atoms with Crippen molar-refractivity contribution >= 4 is 17.7 Å². The molecule has 9 nitrogen and oxygen atoms in total. The van der Waals surface area contributed by atoms with Gasteiger partial charge in [-0.15, -0.1) is 0 Å². The van der Waals surface area contributed by atoms with Crippen LogP contribution >= 0.6 is 0 Å². The van der Waals surface area contributed by atoms with E-state index in [2.05, 4.69) is 5.32 Å². The number of ketones is 1. The van der Waals surface area contributed by atoms with Crippen LogP contribution in [0.4, 0.5) is 0 Å². The van der Waals surface area contributed by atoms with Crippen LogP contribution in [0.15, 0.2) is 0 Å². The summed E-state index contributed by atoms with van der Waals surface area (Å²) in [5.41, 5.74) is 0. The van der Waals surface area contributed by atoms with Crippen LogP contribution in [0, 0.1) is 0 Å². The van der Waals surface area contributed by atoms with E-state index in [1.165, 1.54) is 0 Å². The summed E-state index contributed by atoms with van der Waals surface area (Å²) in [5.74, 6) is -4.64. The first-order valence-electron chi connectivity index (χ1n) is 6.28. The highest BCUT2D eigenvalue weighted by Crippen LogP contribution is 2.32. The number of hydrogen-bond donors (Lipinski definition) is 4. The highest BCUT2D eigenvalue weighted by Gasteiger charge is 2.59. The van der Waals surface area contributed by atoms with Crippen LogP contribution in [0.1, 0.15) is 20.8 Å². The van der Waals surface area contributed by atoms with Crippen LogP contribution in [0.2, 0.25) is 0 Å². The Bertz CT molecular complexity index is 439. The molecule has 0 aromatic carbocycles. The molecule has 0 aromatic heterocycles. The van der Waals surface area contributed by atoms with Gasteiger partial charge in [0.1, 0.15) is 24.4 Å². The molecule has 1 fully saturated rings. The fraction of sp³-hybridized carbons (Fsp3) is 0.750. The number of ether oxygens (including phenoxy) is 2. The fourth-order valence-corrected chi connectivity index (χ4v) is 2.23. The molecular weight excluding hydrogens is 286 g/mol. The molecule has 0 radical (unpaired) electrons. The highest BCUT2D eigenvalue weighted by atomic mass is 16.7. The van der Waals surface area contributed by atoms with E-state index < -0.39 is 54.4 Å². The standard InChI is InChI=1S/C12H19NO8/c1-5(15)12(20-7(3)17)11(13-6(2)16)10(19)9(18)8(4-14)21-12/h8-11,14,18-19H,4H2,1-3H3,(H,13,16)/t8-,9-,10+,11-,12?/m1/s1. The van der Waals surface area contributed by atoms with E-state index in [4.69, 9.17) is 14.6 Å². The van der Waals surface area contributed by atoms with Crippen molar-refractivity contribution in [3.63, 3.8) is 0 Å². The Morgan fingerprint density at radius 3 is 2.14 bits per heavy atom. The third-order valence-corrected chi connectivity index (χ3v) is 3.13. The lowest BCUT2D eigenvalue weighted by Gasteiger charge is -2.47. The van der Waals surface area contributed by atoms with Crippen LogP contribution in [0.25, 0.3) is 0 Å². The van der Waals surface area contributed by atoms with Crippen LogP contribution in [0.3, 0.4) is 0 Å². The van der Waals surface area contributed by atoms with E-state index in [0.29, 0.717) is 0 Å². The average molecular weight is 305 g/mol. The van der Waals surface area contributed by atoms with Gasteiger partial charge in [-0.1, -0.05) is 0 Å². The molecule has 9 heteroatoms. The molecule has 1 amide bonds. The molecule has 5 atom stereocenters. The van der Waals surface area contributed by atoms with Crippen molar-refractivity contribution in [3.05, 3.63) is 0 Å². The molecule has 1 rings (SSSR count). The molecule has 1 unspecified atom stereocenters. The molecule has 120 valence electrons. The molecule has 4 N–H and O–H groups in total. The number of Topliss-reactive ketones (excluding diaryl/α,β-unsaturated/α-hetero) is 1. The van der Waals surface area contributed by atoms with E-state index >= 15 is 0 Å². The van der Waals surface area contributed by atoms with Gasteiger partial charge in [-0.05, 0) is 0 Å². The molecule has 0 bridgehead atoms. The quantitative estimate of drug-likeness (QED) is 0.416. The summed E-state index contributed by atoms with van der Waals surface area (Å²) in [7, 11) is 0. The van der Waals surface area contributed by atoms with Crippen molar-refractivity contribution in [1.82, 2.24) is 5.32 Å². The van der Waals surface area contributed by atoms with Crippen molar-refractivity contribution in [3.8, 4) is 0 Å². The number of nitrogens with one attached hydrogen (secondary N) is 1. The van der Waals surface area contributed by atoms with Gasteiger partial charge >= 0.3 is 5.97 Å². The molecule has 0 aromatic rings. The van der Waals surface area contributed by atoms with Crippen LogP contribution < -0.4 is 5.32 Å². The molecule has 0 aliphatic carbocycles. The molecule has 1 heterocycles. The van der Waals surface area contributed by atoms with Crippen LogP contribution in [-0.2, 0) is 23.9 Å². The normalized spacial score (nSPS) is 35.9. The van der Waals surface area contributed by atoms with Gasteiger partial charge in [0, 0.05) is 20.8 Å². The Hall–Kier alpha value is -1.55. The molecule has 0 spiro atoms. The predicted octanol–water partition coefficient (Wildman–Crippen LogP) is -2.55. The second-order valence-electron chi connectivity index (χ2n) is 4.82. The van der Waals surface area contributed by atoms with E-state index in [-0.39, 0.29) is 0 Å². The number of rotatable bonds is 4. The molecule has 1 saturated heterocycles. The van der Waals surface area contributed by atoms with E-state index in [1.807, 2.05) is 0 Å². The molecule has 1 aliphatic heterocycles. The smallest absolute Gasteiger partial charge is 0.305 e. The molecular formula is C12H19NO8. The van der Waals surface area contributed by atoms with Crippen molar-refractivity contribution in [2.45, 2.75) is 50.9 Å². The summed E-state index contributed by atoms with van der Waals surface area (Å²) in [6.07, 6.45) is -4.61.